The van der Waals surface area contributed by atoms with Crippen molar-refractivity contribution in [3.05, 3.63) is 64.6 Å². The first-order valence-electron chi connectivity index (χ1n) is 12.2. The van der Waals surface area contributed by atoms with Crippen molar-refractivity contribution in [3.8, 4) is 17.1 Å². The van der Waals surface area contributed by atoms with Crippen LogP contribution in [0.25, 0.3) is 17.1 Å². The summed E-state index contributed by atoms with van der Waals surface area (Å²) in [5.41, 5.74) is -0.0146. The van der Waals surface area contributed by atoms with Crippen molar-refractivity contribution in [2.24, 2.45) is 0 Å². The number of rotatable bonds is 8. The number of hydrogen-bond acceptors (Lipinski definition) is 9. The molecule has 14 heteroatoms. The number of carbonyl (C=O) groups is 1. The van der Waals surface area contributed by atoms with E-state index in [1.54, 1.807) is 6.92 Å². The van der Waals surface area contributed by atoms with Crippen LogP contribution < -0.4 is 11.1 Å². The summed E-state index contributed by atoms with van der Waals surface area (Å²) in [6, 6.07) is 10.0. The lowest BCUT2D eigenvalue weighted by Crippen LogP contribution is -2.60. The summed E-state index contributed by atoms with van der Waals surface area (Å²) in [4.78, 5) is 24.9. The van der Waals surface area contributed by atoms with Crippen molar-refractivity contribution < 1.29 is 46.1 Å². The molecule has 5 atom stereocenters. The van der Waals surface area contributed by atoms with Crippen molar-refractivity contribution in [3.63, 3.8) is 0 Å². The van der Waals surface area contributed by atoms with Gasteiger partial charge in [-0.25, -0.2) is 9.59 Å². The number of anilines is 1. The number of halogens is 3. The van der Waals surface area contributed by atoms with Gasteiger partial charge in [0.2, 0.25) is 12.2 Å². The molecule has 40 heavy (non-hydrogen) atoms. The standard InChI is InChI=1S/C26H28F3N3O8/c1-5-37-20-19(35-3)14(2)38-23(21(20)36-4)40-24(33)30-17-10-6-15(7-11-17)22-31-32(25(34)39-22)18-12-8-16(9-13-18)26(27,28)29/h6-14,19-21,23H,5H2,1-4H3,(H,30,33)/t14-,19-,20+,21+,23-/m0/s1. The molecular formula is C26H28F3N3O8. The smallest absolute Gasteiger partial charge is 0.416 e. The van der Waals surface area contributed by atoms with Crippen LogP contribution in [0.2, 0.25) is 0 Å². The van der Waals surface area contributed by atoms with Gasteiger partial charge in [0.15, 0.2) is 0 Å². The maximum atomic E-state index is 12.8. The molecule has 216 valence electrons. The number of ether oxygens (including phenoxy) is 5. The molecule has 1 saturated heterocycles. The molecule has 1 amide bonds. The van der Waals surface area contributed by atoms with Gasteiger partial charge in [0, 0.05) is 32.1 Å². The highest BCUT2D eigenvalue weighted by atomic mass is 19.4. The number of alkyl halides is 3. The molecular weight excluding hydrogens is 539 g/mol. The largest absolute Gasteiger partial charge is 0.442 e. The summed E-state index contributed by atoms with van der Waals surface area (Å²) in [5.74, 6) is -0.947. The SMILES string of the molecule is CCO[C@@H]1[C@@H](OC)[C@H](C)O[C@@H](OC(=O)Nc2ccc(-c3nn(-c4ccc(C(F)(F)F)cc4)c(=O)o3)cc2)[C@@H]1OC. The highest BCUT2D eigenvalue weighted by Crippen LogP contribution is 2.30. The van der Waals surface area contributed by atoms with Crippen LogP contribution in [-0.4, -0.2) is 67.4 Å². The van der Waals surface area contributed by atoms with E-state index in [0.29, 0.717) is 17.9 Å². The Kier molecular flexibility index (Phi) is 8.93. The van der Waals surface area contributed by atoms with E-state index >= 15 is 0 Å². The fraction of sp³-hybridized carbons (Fsp3) is 0.423. The minimum Gasteiger partial charge on any atom is -0.416 e. The predicted molar refractivity (Wildman–Crippen MR) is 134 cm³/mol. The molecule has 3 aromatic rings. The second kappa shape index (κ2) is 12.2. The molecule has 2 aromatic carbocycles. The number of nitrogens with zero attached hydrogens (tertiary/aromatic N) is 2. The Morgan fingerprint density at radius 1 is 1.02 bits per heavy atom. The number of nitrogens with one attached hydrogen (secondary N) is 1. The average Bonchev–Trinajstić information content (AvgIpc) is 3.30. The number of carbonyl (C=O) groups excluding carboxylic acids is 1. The van der Waals surface area contributed by atoms with Crippen molar-refractivity contribution in [1.82, 2.24) is 9.78 Å². The minimum atomic E-state index is -4.51. The molecule has 0 radical (unpaired) electrons. The van der Waals surface area contributed by atoms with E-state index in [-0.39, 0.29) is 11.6 Å². The van der Waals surface area contributed by atoms with Gasteiger partial charge in [0.1, 0.15) is 18.3 Å². The van der Waals surface area contributed by atoms with Crippen LogP contribution >= 0.6 is 0 Å². The highest BCUT2D eigenvalue weighted by molar-refractivity contribution is 5.85. The van der Waals surface area contributed by atoms with Gasteiger partial charge in [-0.05, 0) is 62.4 Å². The molecule has 1 fully saturated rings. The van der Waals surface area contributed by atoms with Crippen LogP contribution in [0.15, 0.2) is 57.7 Å². The summed E-state index contributed by atoms with van der Waals surface area (Å²) in [6.07, 6.45) is -8.52. The Morgan fingerprint density at radius 2 is 1.68 bits per heavy atom. The first-order valence-corrected chi connectivity index (χ1v) is 12.2. The summed E-state index contributed by atoms with van der Waals surface area (Å²) in [7, 11) is 2.98. The first kappa shape index (κ1) is 29.3. The summed E-state index contributed by atoms with van der Waals surface area (Å²) >= 11 is 0. The Morgan fingerprint density at radius 3 is 2.25 bits per heavy atom. The van der Waals surface area contributed by atoms with Crippen LogP contribution in [0.5, 0.6) is 0 Å². The van der Waals surface area contributed by atoms with Crippen molar-refractivity contribution in [2.45, 2.75) is 50.7 Å². The second-order valence-electron chi connectivity index (χ2n) is 8.77. The monoisotopic (exact) mass is 567 g/mol. The van der Waals surface area contributed by atoms with E-state index in [1.807, 2.05) is 6.92 Å². The molecule has 0 spiro atoms. The molecule has 0 saturated carbocycles. The van der Waals surface area contributed by atoms with Crippen LogP contribution in [0.4, 0.5) is 23.7 Å². The second-order valence-corrected chi connectivity index (χ2v) is 8.77. The molecule has 1 N–H and O–H groups in total. The predicted octanol–water partition coefficient (Wildman–Crippen LogP) is 4.24. The van der Waals surface area contributed by atoms with E-state index in [4.69, 9.17) is 28.1 Å². The van der Waals surface area contributed by atoms with Crippen LogP contribution in [0.3, 0.4) is 0 Å². The zero-order valence-corrected chi connectivity index (χ0v) is 22.0. The summed E-state index contributed by atoms with van der Waals surface area (Å²) in [6.45, 7) is 4.00. The van der Waals surface area contributed by atoms with Crippen molar-refractivity contribution in [2.75, 3.05) is 26.1 Å². The Labute approximate surface area is 226 Å². The van der Waals surface area contributed by atoms with Crippen LogP contribution in [0.1, 0.15) is 19.4 Å². The van der Waals surface area contributed by atoms with E-state index in [1.165, 1.54) is 38.5 Å². The topological polar surface area (TPSA) is 123 Å². The Balaban J connectivity index is 1.42. The molecule has 11 nitrogen and oxygen atoms in total. The van der Waals surface area contributed by atoms with Gasteiger partial charge < -0.3 is 28.1 Å². The highest BCUT2D eigenvalue weighted by Gasteiger charge is 2.47. The van der Waals surface area contributed by atoms with Gasteiger partial charge in [-0.3, -0.25) is 5.32 Å². The maximum Gasteiger partial charge on any atom is 0.442 e. The molecule has 1 aliphatic heterocycles. The molecule has 2 heterocycles. The Bertz CT molecular complexity index is 1340. The number of amides is 1. The third-order valence-electron chi connectivity index (χ3n) is 6.22. The lowest BCUT2D eigenvalue weighted by atomic mass is 9.99. The minimum absolute atomic E-state index is 0.0683. The zero-order chi connectivity index (χ0) is 29.0. The molecule has 0 aliphatic carbocycles. The zero-order valence-electron chi connectivity index (χ0n) is 22.0. The van der Waals surface area contributed by atoms with Gasteiger partial charge in [0.25, 0.3) is 0 Å². The van der Waals surface area contributed by atoms with Gasteiger partial charge in [-0.1, -0.05) is 0 Å². The molecule has 0 unspecified atom stereocenters. The van der Waals surface area contributed by atoms with E-state index < -0.39 is 54.3 Å². The van der Waals surface area contributed by atoms with Gasteiger partial charge in [-0.15, -0.1) is 5.10 Å². The number of aromatic nitrogens is 2. The van der Waals surface area contributed by atoms with Crippen molar-refractivity contribution in [1.29, 1.82) is 0 Å². The fourth-order valence-electron chi connectivity index (χ4n) is 4.32. The van der Waals surface area contributed by atoms with Crippen LogP contribution in [-0.2, 0) is 29.9 Å². The number of hydrogen-bond donors (Lipinski definition) is 1. The first-order chi connectivity index (χ1) is 19.0. The summed E-state index contributed by atoms with van der Waals surface area (Å²) in [5, 5.41) is 6.64. The van der Waals surface area contributed by atoms with E-state index in [9.17, 15) is 22.8 Å². The average molecular weight is 568 g/mol. The molecule has 1 aliphatic rings. The molecule has 1 aromatic heterocycles. The molecule has 0 bridgehead atoms. The van der Waals surface area contributed by atoms with Gasteiger partial charge >= 0.3 is 18.0 Å². The lowest BCUT2D eigenvalue weighted by Gasteiger charge is -2.43. The lowest BCUT2D eigenvalue weighted by molar-refractivity contribution is -0.292. The van der Waals surface area contributed by atoms with Crippen LogP contribution in [0, 0.1) is 0 Å². The van der Waals surface area contributed by atoms with Gasteiger partial charge in [0.05, 0.1) is 17.4 Å². The number of methoxy groups -OCH3 is 2. The number of benzene rings is 2. The van der Waals surface area contributed by atoms with E-state index in [0.717, 1.165) is 28.9 Å². The third kappa shape index (κ3) is 6.36. The van der Waals surface area contributed by atoms with Crippen molar-refractivity contribution >= 4 is 11.8 Å². The van der Waals surface area contributed by atoms with E-state index in [2.05, 4.69) is 10.4 Å². The Hall–Kier alpha value is -3.72. The third-order valence-corrected chi connectivity index (χ3v) is 6.22. The molecule has 4 rings (SSSR count). The normalized spacial score (nSPS) is 23.1. The maximum absolute atomic E-state index is 12.8. The summed E-state index contributed by atoms with van der Waals surface area (Å²) < 4.78 is 72.5. The fourth-order valence-corrected chi connectivity index (χ4v) is 4.32. The van der Waals surface area contributed by atoms with Gasteiger partial charge in [-0.2, -0.15) is 17.9 Å². The quantitative estimate of drug-likeness (QED) is 0.426.